The number of hydrogen-bond donors (Lipinski definition) is 0. The monoisotopic (exact) mass is 626 g/mol. The first kappa shape index (κ1) is 33.2. The molecule has 0 bridgehead atoms. The number of benzene rings is 6. The van der Waals surface area contributed by atoms with Crippen LogP contribution in [-0.4, -0.2) is 0 Å². The van der Waals surface area contributed by atoms with Gasteiger partial charge in [-0.2, -0.15) is 0 Å². The molecule has 0 nitrogen and oxygen atoms in total. The van der Waals surface area contributed by atoms with Gasteiger partial charge in [0, 0.05) is 0 Å². The fourth-order valence-electron chi connectivity index (χ4n) is 7.32. The van der Waals surface area contributed by atoms with Gasteiger partial charge in [-0.3, -0.25) is 0 Å². The number of hydrogen-bond acceptors (Lipinski definition) is 0. The smallest absolute Gasteiger partial charge is 0.0149 e. The SMILES string of the molecule is Cc1ccc(-c2ccc(CCc3ccc(-c4cccc(CCc5cccc(-c6cccc(C)c6C)c5C)c4C)cc3C)c(C)c2)cc1C. The Kier molecular flexibility index (Phi) is 9.83. The Morgan fingerprint density at radius 3 is 1.31 bits per heavy atom. The average Bonchev–Trinajstić information content (AvgIpc) is 3.07. The minimum absolute atomic E-state index is 1.04. The first-order chi connectivity index (χ1) is 23.1. The zero-order valence-corrected chi connectivity index (χ0v) is 30.2. The van der Waals surface area contributed by atoms with Gasteiger partial charge >= 0.3 is 0 Å². The van der Waals surface area contributed by atoms with Crippen molar-refractivity contribution in [3.63, 3.8) is 0 Å². The van der Waals surface area contributed by atoms with Crippen LogP contribution in [0, 0.1) is 55.4 Å². The Hall–Kier alpha value is -4.68. The summed E-state index contributed by atoms with van der Waals surface area (Å²) in [5.74, 6) is 0. The third-order valence-corrected chi connectivity index (χ3v) is 11.0. The van der Waals surface area contributed by atoms with Crippen molar-refractivity contribution in [2.75, 3.05) is 0 Å². The van der Waals surface area contributed by atoms with Gasteiger partial charge in [0.15, 0.2) is 0 Å². The predicted octanol–water partition coefficient (Wildman–Crippen LogP) is 12.7. The van der Waals surface area contributed by atoms with Crippen molar-refractivity contribution < 1.29 is 0 Å². The summed E-state index contributed by atoms with van der Waals surface area (Å²) in [4.78, 5) is 0. The van der Waals surface area contributed by atoms with Gasteiger partial charge in [-0.05, 0) is 181 Å². The zero-order valence-electron chi connectivity index (χ0n) is 30.2. The van der Waals surface area contributed by atoms with Crippen LogP contribution in [0.2, 0.25) is 0 Å². The van der Waals surface area contributed by atoms with Crippen LogP contribution in [0.5, 0.6) is 0 Å². The van der Waals surface area contributed by atoms with Crippen LogP contribution in [0.1, 0.15) is 66.8 Å². The van der Waals surface area contributed by atoms with Crippen LogP contribution >= 0.6 is 0 Å². The first-order valence-corrected chi connectivity index (χ1v) is 17.6. The van der Waals surface area contributed by atoms with E-state index in [0.717, 1.165) is 25.7 Å². The fraction of sp³-hybridized carbons (Fsp3) is 0.250. The van der Waals surface area contributed by atoms with Crippen LogP contribution in [-0.2, 0) is 25.7 Å². The molecule has 0 unspecified atom stereocenters. The second-order valence-corrected chi connectivity index (χ2v) is 14.0. The lowest BCUT2D eigenvalue weighted by atomic mass is 9.88. The molecule has 0 radical (unpaired) electrons. The minimum atomic E-state index is 1.04. The summed E-state index contributed by atoms with van der Waals surface area (Å²) in [7, 11) is 0. The summed E-state index contributed by atoms with van der Waals surface area (Å²) in [5, 5.41) is 0. The lowest BCUT2D eigenvalue weighted by Gasteiger charge is -2.16. The molecule has 0 aliphatic rings. The van der Waals surface area contributed by atoms with Crippen molar-refractivity contribution in [2.45, 2.75) is 81.1 Å². The number of aryl methyl sites for hydroxylation is 9. The van der Waals surface area contributed by atoms with Crippen molar-refractivity contribution >= 4 is 0 Å². The van der Waals surface area contributed by atoms with Gasteiger partial charge in [0.05, 0.1) is 0 Å². The van der Waals surface area contributed by atoms with E-state index in [0.29, 0.717) is 0 Å². The molecule has 6 aromatic rings. The fourth-order valence-corrected chi connectivity index (χ4v) is 7.32. The molecule has 0 aromatic heterocycles. The Bertz CT molecular complexity index is 2100. The maximum atomic E-state index is 2.40. The topological polar surface area (TPSA) is 0 Å². The van der Waals surface area contributed by atoms with Gasteiger partial charge in [-0.25, -0.2) is 0 Å². The van der Waals surface area contributed by atoms with E-state index in [9.17, 15) is 0 Å². The highest BCUT2D eigenvalue weighted by molar-refractivity contribution is 5.73. The second kappa shape index (κ2) is 14.2. The Balaban J connectivity index is 1.15. The molecule has 0 heterocycles. The van der Waals surface area contributed by atoms with Gasteiger partial charge in [-0.15, -0.1) is 0 Å². The summed E-state index contributed by atoms with van der Waals surface area (Å²) in [6, 6.07) is 41.2. The first-order valence-electron chi connectivity index (χ1n) is 17.6. The van der Waals surface area contributed by atoms with E-state index in [-0.39, 0.29) is 0 Å². The van der Waals surface area contributed by atoms with Gasteiger partial charge in [0.1, 0.15) is 0 Å². The Morgan fingerprint density at radius 1 is 0.292 bits per heavy atom. The molecule has 0 aliphatic carbocycles. The van der Waals surface area contributed by atoms with Crippen LogP contribution < -0.4 is 0 Å². The molecule has 0 saturated heterocycles. The van der Waals surface area contributed by atoms with Gasteiger partial charge in [-0.1, -0.05) is 109 Å². The highest BCUT2D eigenvalue weighted by Gasteiger charge is 2.13. The molecule has 0 amide bonds. The molecule has 0 saturated carbocycles. The number of rotatable bonds is 9. The van der Waals surface area contributed by atoms with E-state index in [1.165, 1.54) is 100 Å². The lowest BCUT2D eigenvalue weighted by Crippen LogP contribution is -2.00. The van der Waals surface area contributed by atoms with Crippen molar-refractivity contribution in [3.05, 3.63) is 176 Å². The van der Waals surface area contributed by atoms with Crippen LogP contribution in [0.25, 0.3) is 33.4 Å². The third kappa shape index (κ3) is 6.95. The molecule has 0 atom stereocenters. The average molecular weight is 627 g/mol. The van der Waals surface area contributed by atoms with Gasteiger partial charge in [0.2, 0.25) is 0 Å². The molecule has 6 aromatic carbocycles. The zero-order chi connectivity index (χ0) is 33.9. The van der Waals surface area contributed by atoms with Crippen molar-refractivity contribution in [3.8, 4) is 33.4 Å². The van der Waals surface area contributed by atoms with E-state index >= 15 is 0 Å². The molecule has 0 aliphatic heterocycles. The molecule has 0 N–H and O–H groups in total. The maximum absolute atomic E-state index is 2.40. The summed E-state index contributed by atoms with van der Waals surface area (Å²) in [5.41, 5.74) is 24.7. The molecule has 0 heteroatoms. The summed E-state index contributed by atoms with van der Waals surface area (Å²) < 4.78 is 0. The highest BCUT2D eigenvalue weighted by atomic mass is 14.2. The van der Waals surface area contributed by atoms with E-state index < -0.39 is 0 Å². The normalized spacial score (nSPS) is 11.2. The van der Waals surface area contributed by atoms with E-state index in [2.05, 4.69) is 165 Å². The van der Waals surface area contributed by atoms with Crippen LogP contribution in [0.15, 0.2) is 109 Å². The summed E-state index contributed by atoms with van der Waals surface area (Å²) >= 11 is 0. The second-order valence-electron chi connectivity index (χ2n) is 14.0. The Labute approximate surface area is 289 Å². The van der Waals surface area contributed by atoms with Gasteiger partial charge in [0.25, 0.3) is 0 Å². The maximum Gasteiger partial charge on any atom is -0.0149 e. The van der Waals surface area contributed by atoms with E-state index in [1.54, 1.807) is 0 Å². The van der Waals surface area contributed by atoms with Gasteiger partial charge < -0.3 is 0 Å². The predicted molar refractivity (Wildman–Crippen MR) is 208 cm³/mol. The molecular weight excluding hydrogens is 577 g/mol. The van der Waals surface area contributed by atoms with E-state index in [1.807, 2.05) is 0 Å². The summed E-state index contributed by atoms with van der Waals surface area (Å²) in [6.07, 6.45) is 4.18. The molecule has 0 fully saturated rings. The molecule has 48 heavy (non-hydrogen) atoms. The largest absolute Gasteiger partial charge is 0.0614 e. The highest BCUT2D eigenvalue weighted by Crippen LogP contribution is 2.32. The lowest BCUT2D eigenvalue weighted by molar-refractivity contribution is 0.938. The Morgan fingerprint density at radius 2 is 0.729 bits per heavy atom. The third-order valence-electron chi connectivity index (χ3n) is 11.0. The summed E-state index contributed by atoms with van der Waals surface area (Å²) in [6.45, 7) is 18.0. The molecule has 242 valence electrons. The van der Waals surface area contributed by atoms with Crippen molar-refractivity contribution in [1.29, 1.82) is 0 Å². The van der Waals surface area contributed by atoms with Crippen molar-refractivity contribution in [1.82, 2.24) is 0 Å². The standard InChI is InChI=1S/C48H50/c1-31-18-19-43(28-33(31)3)44-26-22-39(34(4)29-44)20-21-40-23-27-45(30-35(40)5)46-15-10-13-41(37(46)7)24-25-42-14-11-17-48(38(42)8)47-16-9-12-32(2)36(47)6/h9-19,22-23,26-30H,20-21,24-25H2,1-8H3. The quantitative estimate of drug-likeness (QED) is 0.150. The molecular formula is C48H50. The van der Waals surface area contributed by atoms with Crippen molar-refractivity contribution in [2.24, 2.45) is 0 Å². The van der Waals surface area contributed by atoms with Crippen LogP contribution in [0.3, 0.4) is 0 Å². The van der Waals surface area contributed by atoms with E-state index in [4.69, 9.17) is 0 Å². The molecule has 6 rings (SSSR count). The molecule has 0 spiro atoms. The minimum Gasteiger partial charge on any atom is -0.0614 e. The van der Waals surface area contributed by atoms with Crippen LogP contribution in [0.4, 0.5) is 0 Å².